The van der Waals surface area contributed by atoms with Gasteiger partial charge in [-0.05, 0) is 35.4 Å². The Morgan fingerprint density at radius 2 is 1.73 bits per heavy atom. The van der Waals surface area contributed by atoms with Crippen LogP contribution in [-0.2, 0) is 13.0 Å². The van der Waals surface area contributed by atoms with Crippen LogP contribution in [0.4, 0.5) is 4.39 Å². The fraction of sp³-hybridized carbons (Fsp3) is 0.212. The lowest BCUT2D eigenvalue weighted by molar-refractivity contribution is 0.0624. The van der Waals surface area contributed by atoms with Crippen LogP contribution >= 0.6 is 0 Å². The highest BCUT2D eigenvalue weighted by molar-refractivity contribution is 5.95. The van der Waals surface area contributed by atoms with Gasteiger partial charge in [-0.1, -0.05) is 48.5 Å². The zero-order valence-corrected chi connectivity index (χ0v) is 22.8. The minimum Gasteiger partial charge on any atom is -0.496 e. The van der Waals surface area contributed by atoms with Gasteiger partial charge in [0, 0.05) is 73.4 Å². The summed E-state index contributed by atoms with van der Waals surface area (Å²) in [4.78, 5) is 21.8. The molecule has 1 fully saturated rings. The number of halogens is 1. The second-order valence-electron chi connectivity index (χ2n) is 10.2. The number of aromatic nitrogens is 3. The van der Waals surface area contributed by atoms with Gasteiger partial charge in [0.15, 0.2) is 0 Å². The van der Waals surface area contributed by atoms with E-state index >= 15 is 0 Å². The van der Waals surface area contributed by atoms with E-state index in [2.05, 4.69) is 20.1 Å². The number of nitrogens with zero attached hydrogens (tertiary/aromatic N) is 5. The highest BCUT2D eigenvalue weighted by Gasteiger charge is 2.25. The number of ether oxygens (including phenoxy) is 1. The van der Waals surface area contributed by atoms with E-state index in [1.165, 1.54) is 6.07 Å². The third kappa shape index (κ3) is 5.64. The number of amides is 1. The summed E-state index contributed by atoms with van der Waals surface area (Å²) in [5, 5.41) is 10.4. The number of hydrogen-bond acceptors (Lipinski definition) is 6. The van der Waals surface area contributed by atoms with E-state index in [0.29, 0.717) is 39.1 Å². The number of fused-ring (bicyclic) bond motifs is 1. The van der Waals surface area contributed by atoms with Crippen molar-refractivity contribution in [2.24, 2.45) is 0 Å². The van der Waals surface area contributed by atoms with E-state index in [9.17, 15) is 9.18 Å². The summed E-state index contributed by atoms with van der Waals surface area (Å²) in [6.45, 7) is 3.13. The molecule has 0 bridgehead atoms. The molecule has 1 saturated heterocycles. The molecule has 206 valence electrons. The summed E-state index contributed by atoms with van der Waals surface area (Å²) in [7, 11) is 1.67. The van der Waals surface area contributed by atoms with Crippen LogP contribution in [-0.4, -0.2) is 64.2 Å². The molecule has 0 radical (unpaired) electrons. The quantitative estimate of drug-likeness (QED) is 0.272. The van der Waals surface area contributed by atoms with Crippen molar-refractivity contribution >= 4 is 16.7 Å². The Kier molecular flexibility index (Phi) is 7.65. The van der Waals surface area contributed by atoms with Gasteiger partial charge in [-0.2, -0.15) is 10.2 Å². The van der Waals surface area contributed by atoms with Gasteiger partial charge < -0.3 is 9.64 Å². The van der Waals surface area contributed by atoms with Crippen LogP contribution < -0.4 is 4.74 Å². The number of carbonyl (C=O) groups excluding carboxylic acids is 1. The molecule has 8 heteroatoms. The van der Waals surface area contributed by atoms with E-state index in [4.69, 9.17) is 4.74 Å². The van der Waals surface area contributed by atoms with Crippen LogP contribution in [0.3, 0.4) is 0 Å². The molecule has 1 amide bonds. The maximum absolute atomic E-state index is 14.9. The lowest BCUT2D eigenvalue weighted by Gasteiger charge is -2.35. The number of carbonyl (C=O) groups is 1. The van der Waals surface area contributed by atoms with Crippen molar-refractivity contribution in [2.75, 3.05) is 33.3 Å². The van der Waals surface area contributed by atoms with Crippen LogP contribution in [0.1, 0.15) is 27.2 Å². The fourth-order valence-electron chi connectivity index (χ4n) is 5.45. The largest absolute Gasteiger partial charge is 0.496 e. The first-order valence-corrected chi connectivity index (χ1v) is 13.7. The Hall–Kier alpha value is -4.69. The van der Waals surface area contributed by atoms with E-state index in [0.717, 1.165) is 44.5 Å². The van der Waals surface area contributed by atoms with Crippen molar-refractivity contribution in [1.82, 2.24) is 25.0 Å². The van der Waals surface area contributed by atoms with Gasteiger partial charge in [0.2, 0.25) is 0 Å². The molecule has 3 aromatic carbocycles. The van der Waals surface area contributed by atoms with Crippen LogP contribution in [0.5, 0.6) is 5.75 Å². The lowest BCUT2D eigenvalue weighted by Crippen LogP contribution is -2.48. The first-order valence-electron chi connectivity index (χ1n) is 13.7. The first kappa shape index (κ1) is 26.5. The van der Waals surface area contributed by atoms with Gasteiger partial charge in [0.1, 0.15) is 11.6 Å². The van der Waals surface area contributed by atoms with Crippen molar-refractivity contribution in [3.63, 3.8) is 0 Å². The second kappa shape index (κ2) is 11.8. The van der Waals surface area contributed by atoms with Gasteiger partial charge in [-0.25, -0.2) is 4.39 Å². The molecular formula is C33H30FN5O2. The molecule has 5 aromatic rings. The molecule has 1 aliphatic rings. The first-order chi connectivity index (χ1) is 20.1. The number of hydrogen-bond donors (Lipinski definition) is 0. The Morgan fingerprint density at radius 1 is 0.927 bits per heavy atom. The van der Waals surface area contributed by atoms with Crippen LogP contribution in [0.15, 0.2) is 91.4 Å². The van der Waals surface area contributed by atoms with Crippen LogP contribution in [0, 0.1) is 5.82 Å². The molecule has 0 unspecified atom stereocenters. The van der Waals surface area contributed by atoms with Gasteiger partial charge in [0.25, 0.3) is 5.91 Å². The van der Waals surface area contributed by atoms with Crippen molar-refractivity contribution < 1.29 is 13.9 Å². The smallest absolute Gasteiger partial charge is 0.256 e. The average Bonchev–Trinajstić information content (AvgIpc) is 3.02. The highest BCUT2D eigenvalue weighted by atomic mass is 19.1. The Morgan fingerprint density at radius 3 is 2.59 bits per heavy atom. The second-order valence-corrected chi connectivity index (χ2v) is 10.2. The third-order valence-corrected chi connectivity index (χ3v) is 7.64. The summed E-state index contributed by atoms with van der Waals surface area (Å²) in [6.07, 6.45) is 5.86. The molecule has 0 saturated carbocycles. The molecule has 6 rings (SSSR count). The summed E-state index contributed by atoms with van der Waals surface area (Å²) in [5.41, 5.74) is 4.87. The van der Waals surface area contributed by atoms with E-state index in [-0.39, 0.29) is 11.5 Å². The molecule has 2 aromatic heterocycles. The number of rotatable bonds is 7. The van der Waals surface area contributed by atoms with Crippen molar-refractivity contribution in [3.05, 3.63) is 120 Å². The maximum atomic E-state index is 14.9. The van der Waals surface area contributed by atoms with Gasteiger partial charge >= 0.3 is 0 Å². The van der Waals surface area contributed by atoms with Crippen LogP contribution in [0.25, 0.3) is 21.9 Å². The van der Waals surface area contributed by atoms with Crippen LogP contribution in [0.2, 0.25) is 0 Å². The van der Waals surface area contributed by atoms with E-state index in [1.54, 1.807) is 36.5 Å². The summed E-state index contributed by atoms with van der Waals surface area (Å²) in [6, 6.07) is 22.6. The molecule has 7 nitrogen and oxygen atoms in total. The molecule has 0 spiro atoms. The normalized spacial score (nSPS) is 13.9. The zero-order chi connectivity index (χ0) is 28.2. The molecule has 3 heterocycles. The summed E-state index contributed by atoms with van der Waals surface area (Å²) in [5.74, 6) is 0.00367. The SMILES string of the molecule is COc1ccccc1-c1cnccc1CN1CCN(C(=O)c2cc(Cc3nncc4ccccc34)ccc2F)CC1. The molecule has 41 heavy (non-hydrogen) atoms. The minimum atomic E-state index is -0.511. The van der Waals surface area contributed by atoms with Crippen molar-refractivity contribution in [1.29, 1.82) is 0 Å². The predicted molar refractivity (Wildman–Crippen MR) is 156 cm³/mol. The molecular weight excluding hydrogens is 517 g/mol. The number of piperazine rings is 1. The molecule has 0 aliphatic carbocycles. The highest BCUT2D eigenvalue weighted by Crippen LogP contribution is 2.32. The minimum absolute atomic E-state index is 0.0942. The van der Waals surface area contributed by atoms with E-state index in [1.807, 2.05) is 60.8 Å². The Balaban J connectivity index is 1.14. The Labute approximate surface area is 238 Å². The van der Waals surface area contributed by atoms with E-state index < -0.39 is 5.82 Å². The molecule has 0 atom stereocenters. The summed E-state index contributed by atoms with van der Waals surface area (Å²) >= 11 is 0. The third-order valence-electron chi connectivity index (χ3n) is 7.64. The number of para-hydroxylation sites is 1. The van der Waals surface area contributed by atoms with Gasteiger partial charge in [0.05, 0.1) is 24.6 Å². The number of methoxy groups -OCH3 is 1. The average molecular weight is 548 g/mol. The summed E-state index contributed by atoms with van der Waals surface area (Å²) < 4.78 is 20.5. The standard InChI is InChI=1S/C33H30FN5O2/c1-41-32-9-5-4-8-27(32)29-21-35-13-12-25(29)22-38-14-16-39(17-15-38)33(40)28-18-23(10-11-30(28)34)19-31-26-7-3-2-6-24(26)20-36-37-31/h2-13,18,20-21H,14-17,19,22H2,1H3. The molecule has 1 aliphatic heterocycles. The molecule has 0 N–H and O–H groups in total. The predicted octanol–water partition coefficient (Wildman–Crippen LogP) is 5.39. The Bertz CT molecular complexity index is 1700. The number of benzene rings is 3. The fourth-order valence-corrected chi connectivity index (χ4v) is 5.45. The monoisotopic (exact) mass is 547 g/mol. The number of pyridine rings is 1. The van der Waals surface area contributed by atoms with Crippen molar-refractivity contribution in [3.8, 4) is 16.9 Å². The topological polar surface area (TPSA) is 71.5 Å². The zero-order valence-electron chi connectivity index (χ0n) is 22.8. The van der Waals surface area contributed by atoms with Gasteiger partial charge in [-0.15, -0.1) is 0 Å². The maximum Gasteiger partial charge on any atom is 0.256 e. The van der Waals surface area contributed by atoms with Crippen molar-refractivity contribution in [2.45, 2.75) is 13.0 Å². The lowest BCUT2D eigenvalue weighted by atomic mass is 10.0. The van der Waals surface area contributed by atoms with Gasteiger partial charge in [-0.3, -0.25) is 14.7 Å².